The summed E-state index contributed by atoms with van der Waals surface area (Å²) in [5.74, 6) is -0.731. The molecule has 1 aromatic carbocycles. The lowest BCUT2D eigenvalue weighted by Crippen LogP contribution is -1.97. The summed E-state index contributed by atoms with van der Waals surface area (Å²) in [4.78, 5) is 3.54. The van der Waals surface area contributed by atoms with E-state index >= 15 is 0 Å². The van der Waals surface area contributed by atoms with Crippen molar-refractivity contribution < 1.29 is 12.8 Å². The third-order valence-corrected chi connectivity index (χ3v) is 3.96. The largest absolute Gasteiger partial charge is 0.262 e. The minimum Gasteiger partial charge on any atom is -0.244 e. The Labute approximate surface area is 107 Å². The van der Waals surface area contributed by atoms with Crippen LogP contribution in [0.5, 0.6) is 0 Å². The number of pyridine rings is 1. The third-order valence-electron chi connectivity index (χ3n) is 2.32. The lowest BCUT2D eigenvalue weighted by molar-refractivity contribution is 0.604. The molecule has 0 spiro atoms. The normalized spacial score (nSPS) is 12.0. The fourth-order valence-electron chi connectivity index (χ4n) is 1.63. The van der Waals surface area contributed by atoms with Crippen LogP contribution in [0.4, 0.5) is 4.39 Å². The van der Waals surface area contributed by atoms with Crippen molar-refractivity contribution >= 4 is 42.1 Å². The Balaban J connectivity index is 3.09. The Hall–Kier alpha value is -0.910. The quantitative estimate of drug-likeness (QED) is 0.599. The zero-order valence-electron chi connectivity index (χ0n) is 8.54. The van der Waals surface area contributed by atoms with Gasteiger partial charge in [-0.1, -0.05) is 11.6 Å². The van der Waals surface area contributed by atoms with Crippen LogP contribution in [0, 0.1) is 12.7 Å². The summed E-state index contributed by atoms with van der Waals surface area (Å²) in [6, 6.07) is 2.00. The van der Waals surface area contributed by atoms with Crippen molar-refractivity contribution in [1.82, 2.24) is 4.98 Å². The average molecular weight is 294 g/mol. The molecule has 0 aliphatic heterocycles. The summed E-state index contributed by atoms with van der Waals surface area (Å²) in [5, 5.41) is 0.555. The van der Waals surface area contributed by atoms with E-state index in [2.05, 4.69) is 4.98 Å². The van der Waals surface area contributed by atoms with Gasteiger partial charge in [-0.15, -0.1) is 0 Å². The Kier molecular flexibility index (Phi) is 3.01. The van der Waals surface area contributed by atoms with Crippen molar-refractivity contribution in [2.24, 2.45) is 0 Å². The van der Waals surface area contributed by atoms with Crippen LogP contribution in [-0.2, 0) is 9.05 Å². The first-order chi connectivity index (χ1) is 7.80. The predicted octanol–water partition coefficient (Wildman–Crippen LogP) is 3.26. The Morgan fingerprint density at radius 1 is 1.35 bits per heavy atom. The molecule has 0 aliphatic carbocycles. The van der Waals surface area contributed by atoms with Crippen LogP contribution in [0.15, 0.2) is 23.2 Å². The van der Waals surface area contributed by atoms with E-state index in [9.17, 15) is 12.8 Å². The first-order valence-corrected chi connectivity index (χ1v) is 7.18. The zero-order valence-corrected chi connectivity index (χ0v) is 10.9. The van der Waals surface area contributed by atoms with Crippen molar-refractivity contribution in [3.63, 3.8) is 0 Å². The third kappa shape index (κ3) is 2.22. The molecule has 90 valence electrons. The molecule has 0 radical (unpaired) electrons. The van der Waals surface area contributed by atoms with Crippen LogP contribution in [0.3, 0.4) is 0 Å². The monoisotopic (exact) mass is 293 g/mol. The fourth-order valence-corrected chi connectivity index (χ4v) is 2.96. The summed E-state index contributed by atoms with van der Waals surface area (Å²) in [5.41, 5.74) is 0.559. The van der Waals surface area contributed by atoms with Crippen molar-refractivity contribution in [3.05, 3.63) is 34.9 Å². The number of fused-ring (bicyclic) bond motifs is 1. The van der Waals surface area contributed by atoms with Gasteiger partial charge >= 0.3 is 0 Å². The van der Waals surface area contributed by atoms with E-state index in [1.165, 1.54) is 6.20 Å². The smallest absolute Gasteiger partial charge is 0.244 e. The van der Waals surface area contributed by atoms with Gasteiger partial charge in [0.25, 0.3) is 9.05 Å². The highest BCUT2D eigenvalue weighted by molar-refractivity contribution is 8.14. The van der Waals surface area contributed by atoms with Gasteiger partial charge in [-0.2, -0.15) is 0 Å². The second-order valence-electron chi connectivity index (χ2n) is 3.50. The molecule has 0 atom stereocenters. The van der Waals surface area contributed by atoms with Gasteiger partial charge in [-0.25, -0.2) is 17.8 Å². The summed E-state index contributed by atoms with van der Waals surface area (Å²) in [6.07, 6.45) is 1.41. The van der Waals surface area contributed by atoms with Crippen molar-refractivity contribution in [3.8, 4) is 0 Å². The van der Waals surface area contributed by atoms with Gasteiger partial charge in [0.1, 0.15) is 11.0 Å². The number of aryl methyl sites for hydroxylation is 1. The molecule has 0 saturated heterocycles. The second kappa shape index (κ2) is 4.08. The Bertz CT molecular complexity index is 716. The minimum atomic E-state index is -4.05. The van der Waals surface area contributed by atoms with Gasteiger partial charge in [0.2, 0.25) is 0 Å². The van der Waals surface area contributed by atoms with Gasteiger partial charge in [0, 0.05) is 27.7 Å². The molecule has 0 aliphatic rings. The number of rotatable bonds is 1. The fraction of sp³-hybridized carbons (Fsp3) is 0.100. The molecule has 2 rings (SSSR count). The molecule has 2 aromatic rings. The lowest BCUT2D eigenvalue weighted by atomic mass is 10.1. The van der Waals surface area contributed by atoms with Crippen molar-refractivity contribution in [1.29, 1.82) is 0 Å². The summed E-state index contributed by atoms with van der Waals surface area (Å²) >= 11 is 5.81. The molecule has 0 amide bonds. The molecule has 7 heteroatoms. The maximum Gasteiger partial charge on any atom is 0.262 e. The summed E-state index contributed by atoms with van der Waals surface area (Å²) in [7, 11) is 1.23. The van der Waals surface area contributed by atoms with Crippen LogP contribution in [-0.4, -0.2) is 13.4 Å². The number of hydrogen-bond donors (Lipinski definition) is 0. The lowest BCUT2D eigenvalue weighted by Gasteiger charge is -2.08. The summed E-state index contributed by atoms with van der Waals surface area (Å²) < 4.78 is 36.1. The van der Waals surface area contributed by atoms with Gasteiger partial charge in [0.05, 0.1) is 4.90 Å². The molecule has 17 heavy (non-hydrogen) atoms. The first kappa shape index (κ1) is 12.5. The SMILES string of the molecule is Cc1cnc(Cl)c2cc(F)cc(S(=O)(=O)Cl)c12. The Morgan fingerprint density at radius 2 is 2.00 bits per heavy atom. The molecular weight excluding hydrogens is 288 g/mol. The number of aromatic nitrogens is 1. The molecule has 3 nitrogen and oxygen atoms in total. The second-order valence-corrected chi connectivity index (χ2v) is 6.39. The van der Waals surface area contributed by atoms with Crippen LogP contribution in [0.1, 0.15) is 5.56 Å². The van der Waals surface area contributed by atoms with Gasteiger partial charge < -0.3 is 0 Å². The van der Waals surface area contributed by atoms with Crippen LogP contribution >= 0.6 is 22.3 Å². The van der Waals surface area contributed by atoms with E-state index in [1.54, 1.807) is 6.92 Å². The predicted molar refractivity (Wildman–Crippen MR) is 64.5 cm³/mol. The highest BCUT2D eigenvalue weighted by atomic mass is 35.7. The van der Waals surface area contributed by atoms with E-state index in [0.717, 1.165) is 12.1 Å². The Morgan fingerprint density at radius 3 is 2.59 bits per heavy atom. The molecule has 0 bridgehead atoms. The van der Waals surface area contributed by atoms with E-state index < -0.39 is 14.9 Å². The maximum atomic E-state index is 13.3. The van der Waals surface area contributed by atoms with Crippen molar-refractivity contribution in [2.45, 2.75) is 11.8 Å². The van der Waals surface area contributed by atoms with Gasteiger partial charge in [-0.3, -0.25) is 0 Å². The van der Waals surface area contributed by atoms with Crippen LogP contribution in [0.2, 0.25) is 5.15 Å². The molecule has 1 aromatic heterocycles. The maximum absolute atomic E-state index is 13.3. The molecule has 0 unspecified atom stereocenters. The summed E-state index contributed by atoms with van der Waals surface area (Å²) in [6.45, 7) is 1.65. The molecule has 1 heterocycles. The van der Waals surface area contributed by atoms with Crippen molar-refractivity contribution in [2.75, 3.05) is 0 Å². The number of benzene rings is 1. The number of hydrogen-bond acceptors (Lipinski definition) is 3. The van der Waals surface area contributed by atoms with E-state index in [4.69, 9.17) is 22.3 Å². The van der Waals surface area contributed by atoms with E-state index in [1.807, 2.05) is 0 Å². The highest BCUT2D eigenvalue weighted by Crippen LogP contribution is 2.32. The molecule has 0 saturated carbocycles. The van der Waals surface area contributed by atoms with Crippen LogP contribution < -0.4 is 0 Å². The molecule has 0 fully saturated rings. The van der Waals surface area contributed by atoms with E-state index in [0.29, 0.717) is 10.9 Å². The highest BCUT2D eigenvalue weighted by Gasteiger charge is 2.19. The molecular formula is C10H6Cl2FNO2S. The van der Waals surface area contributed by atoms with Gasteiger partial charge in [0.15, 0.2) is 0 Å². The standard InChI is InChI=1S/C10H6Cl2FNO2S/c1-5-4-14-10(11)7-2-6(13)3-8(9(5)7)17(12,15)16/h2-4H,1H3. The van der Waals surface area contributed by atoms with E-state index in [-0.39, 0.29) is 15.4 Å². The van der Waals surface area contributed by atoms with Gasteiger partial charge in [-0.05, 0) is 24.6 Å². The molecule has 0 N–H and O–H groups in total. The number of halogens is 3. The average Bonchev–Trinajstić information content (AvgIpc) is 2.21. The van der Waals surface area contributed by atoms with Crippen LogP contribution in [0.25, 0.3) is 10.8 Å². The first-order valence-electron chi connectivity index (χ1n) is 4.49. The zero-order chi connectivity index (χ0) is 12.8. The minimum absolute atomic E-state index is 0.0340. The topological polar surface area (TPSA) is 47.0 Å². The number of nitrogens with zero attached hydrogens (tertiary/aromatic N) is 1.